The van der Waals surface area contributed by atoms with Crippen LogP contribution < -0.4 is 15.1 Å². The standard InChI is InChI=1S/C25H35N5O4/c1-25(2,3)34-24(32)30-14-12-29(13-15-30)21-9-6-19(7-10-21)23(31)27-20-8-11-22(26-18-20)28(4)16-17-33-5/h6-11,18H,12-17H2,1-5H3,(H,27,31). The van der Waals surface area contributed by atoms with Gasteiger partial charge in [0.2, 0.25) is 0 Å². The monoisotopic (exact) mass is 469 g/mol. The summed E-state index contributed by atoms with van der Waals surface area (Å²) in [5.74, 6) is 0.620. The van der Waals surface area contributed by atoms with Crippen molar-refractivity contribution in [1.82, 2.24) is 9.88 Å². The van der Waals surface area contributed by atoms with E-state index >= 15 is 0 Å². The first kappa shape index (κ1) is 25.3. The van der Waals surface area contributed by atoms with E-state index < -0.39 is 5.60 Å². The Bertz CT molecular complexity index is 949. The van der Waals surface area contributed by atoms with Gasteiger partial charge in [-0.15, -0.1) is 0 Å². The summed E-state index contributed by atoms with van der Waals surface area (Å²) in [6.07, 6.45) is 1.37. The lowest BCUT2D eigenvalue weighted by Crippen LogP contribution is -2.50. The predicted molar refractivity (Wildman–Crippen MR) is 134 cm³/mol. The van der Waals surface area contributed by atoms with Crippen LogP contribution in [0.2, 0.25) is 0 Å². The van der Waals surface area contributed by atoms with Crippen LogP contribution in [0.25, 0.3) is 0 Å². The SMILES string of the molecule is COCCN(C)c1ccc(NC(=O)c2ccc(N3CCN(C(=O)OC(C)(C)C)CC3)cc2)cn1. The van der Waals surface area contributed by atoms with E-state index in [9.17, 15) is 9.59 Å². The molecule has 1 aromatic carbocycles. The molecule has 0 spiro atoms. The Balaban J connectivity index is 1.51. The van der Waals surface area contributed by atoms with E-state index in [1.807, 2.05) is 69.1 Å². The van der Waals surface area contributed by atoms with E-state index in [1.165, 1.54) is 0 Å². The van der Waals surface area contributed by atoms with Gasteiger partial charge < -0.3 is 29.5 Å². The lowest BCUT2D eigenvalue weighted by Gasteiger charge is -2.36. The minimum absolute atomic E-state index is 0.191. The van der Waals surface area contributed by atoms with Crippen LogP contribution in [0, 0.1) is 0 Å². The van der Waals surface area contributed by atoms with Crippen LogP contribution in [-0.4, -0.2) is 81.0 Å². The molecule has 0 atom stereocenters. The Labute approximate surface area is 201 Å². The fourth-order valence-corrected chi connectivity index (χ4v) is 3.53. The third-order valence-electron chi connectivity index (χ3n) is 5.45. The number of hydrogen-bond acceptors (Lipinski definition) is 7. The number of piperazine rings is 1. The number of aromatic nitrogens is 1. The highest BCUT2D eigenvalue weighted by Crippen LogP contribution is 2.20. The lowest BCUT2D eigenvalue weighted by atomic mass is 10.1. The first-order valence-corrected chi connectivity index (χ1v) is 11.5. The summed E-state index contributed by atoms with van der Waals surface area (Å²) in [6.45, 7) is 9.57. The smallest absolute Gasteiger partial charge is 0.410 e. The molecule has 1 saturated heterocycles. The van der Waals surface area contributed by atoms with Crippen LogP contribution in [0.5, 0.6) is 0 Å². The van der Waals surface area contributed by atoms with Gasteiger partial charge in [-0.25, -0.2) is 9.78 Å². The zero-order chi connectivity index (χ0) is 24.7. The number of carbonyl (C=O) groups excluding carboxylic acids is 2. The number of anilines is 3. The van der Waals surface area contributed by atoms with E-state index in [4.69, 9.17) is 9.47 Å². The number of carbonyl (C=O) groups is 2. The summed E-state index contributed by atoms with van der Waals surface area (Å²) in [4.78, 5) is 35.2. The minimum Gasteiger partial charge on any atom is -0.444 e. The molecular weight excluding hydrogens is 434 g/mol. The second kappa shape index (κ2) is 11.2. The molecule has 34 heavy (non-hydrogen) atoms. The van der Waals surface area contributed by atoms with Crippen molar-refractivity contribution in [1.29, 1.82) is 0 Å². The van der Waals surface area contributed by atoms with Gasteiger partial charge in [0.1, 0.15) is 11.4 Å². The average Bonchev–Trinajstić information content (AvgIpc) is 2.82. The molecule has 1 aliphatic heterocycles. The van der Waals surface area contributed by atoms with E-state index in [0.29, 0.717) is 44.0 Å². The molecule has 0 aliphatic carbocycles. The van der Waals surface area contributed by atoms with Crippen molar-refractivity contribution in [3.05, 3.63) is 48.2 Å². The van der Waals surface area contributed by atoms with Crippen LogP contribution in [0.4, 0.5) is 22.0 Å². The van der Waals surface area contributed by atoms with E-state index in [1.54, 1.807) is 18.2 Å². The van der Waals surface area contributed by atoms with Gasteiger partial charge >= 0.3 is 6.09 Å². The van der Waals surface area contributed by atoms with Crippen LogP contribution in [0.1, 0.15) is 31.1 Å². The molecule has 1 aliphatic rings. The maximum atomic E-state index is 12.7. The van der Waals surface area contributed by atoms with E-state index in [-0.39, 0.29) is 12.0 Å². The highest BCUT2D eigenvalue weighted by molar-refractivity contribution is 6.04. The molecule has 9 heteroatoms. The van der Waals surface area contributed by atoms with Gasteiger partial charge in [0.15, 0.2) is 0 Å². The summed E-state index contributed by atoms with van der Waals surface area (Å²) in [5, 5.41) is 2.89. The highest BCUT2D eigenvalue weighted by atomic mass is 16.6. The third-order valence-corrected chi connectivity index (χ3v) is 5.45. The van der Waals surface area contributed by atoms with Crippen molar-refractivity contribution in [3.8, 4) is 0 Å². The first-order chi connectivity index (χ1) is 16.2. The minimum atomic E-state index is -0.497. The number of pyridine rings is 1. The zero-order valence-corrected chi connectivity index (χ0v) is 20.7. The number of rotatable bonds is 7. The van der Waals surface area contributed by atoms with Crippen LogP contribution in [0.3, 0.4) is 0 Å². The number of hydrogen-bond donors (Lipinski definition) is 1. The summed E-state index contributed by atoms with van der Waals surface area (Å²) in [5.41, 5.74) is 1.72. The zero-order valence-electron chi connectivity index (χ0n) is 20.7. The predicted octanol–water partition coefficient (Wildman–Crippen LogP) is 3.47. The molecule has 184 valence electrons. The van der Waals surface area contributed by atoms with Crippen LogP contribution >= 0.6 is 0 Å². The lowest BCUT2D eigenvalue weighted by molar-refractivity contribution is 0.0240. The molecule has 9 nitrogen and oxygen atoms in total. The highest BCUT2D eigenvalue weighted by Gasteiger charge is 2.26. The maximum absolute atomic E-state index is 12.7. The number of ether oxygens (including phenoxy) is 2. The van der Waals surface area contributed by atoms with Gasteiger partial charge in [0.05, 0.1) is 18.5 Å². The van der Waals surface area contributed by atoms with Crippen molar-refractivity contribution in [2.24, 2.45) is 0 Å². The molecule has 2 heterocycles. The van der Waals surface area contributed by atoms with E-state index in [2.05, 4.69) is 15.2 Å². The molecule has 0 bridgehead atoms. The first-order valence-electron chi connectivity index (χ1n) is 11.5. The summed E-state index contributed by atoms with van der Waals surface area (Å²) in [6, 6.07) is 11.2. The molecule has 0 saturated carbocycles. The molecule has 1 fully saturated rings. The summed E-state index contributed by atoms with van der Waals surface area (Å²) >= 11 is 0. The number of likely N-dealkylation sites (N-methyl/N-ethyl adjacent to an activating group) is 1. The molecular formula is C25H35N5O4. The topological polar surface area (TPSA) is 87.2 Å². The average molecular weight is 470 g/mol. The summed E-state index contributed by atoms with van der Waals surface area (Å²) < 4.78 is 10.5. The number of nitrogens with zero attached hydrogens (tertiary/aromatic N) is 4. The normalized spacial score (nSPS) is 14.0. The number of amides is 2. The van der Waals surface area contributed by atoms with E-state index in [0.717, 1.165) is 18.1 Å². The van der Waals surface area contributed by atoms with Gasteiger partial charge in [-0.2, -0.15) is 0 Å². The van der Waals surface area contributed by atoms with Crippen LogP contribution in [-0.2, 0) is 9.47 Å². The number of methoxy groups -OCH3 is 1. The second-order valence-corrected chi connectivity index (χ2v) is 9.27. The fraction of sp³-hybridized carbons (Fsp3) is 0.480. The molecule has 1 aromatic heterocycles. The molecule has 0 unspecified atom stereocenters. The molecule has 2 aromatic rings. The van der Waals surface area contributed by atoms with Gasteiger partial charge in [-0.05, 0) is 57.2 Å². The van der Waals surface area contributed by atoms with Crippen molar-refractivity contribution < 1.29 is 19.1 Å². The van der Waals surface area contributed by atoms with Crippen molar-refractivity contribution >= 4 is 29.2 Å². The molecule has 0 radical (unpaired) electrons. The Kier molecular flexibility index (Phi) is 8.33. The van der Waals surface area contributed by atoms with Gasteiger partial charge in [-0.3, -0.25) is 4.79 Å². The largest absolute Gasteiger partial charge is 0.444 e. The number of benzene rings is 1. The Morgan fingerprint density at radius 1 is 1.06 bits per heavy atom. The number of nitrogens with one attached hydrogen (secondary N) is 1. The van der Waals surface area contributed by atoms with Crippen molar-refractivity contribution in [3.63, 3.8) is 0 Å². The fourth-order valence-electron chi connectivity index (χ4n) is 3.53. The van der Waals surface area contributed by atoms with Gasteiger partial charge in [-0.1, -0.05) is 0 Å². The molecule has 1 N–H and O–H groups in total. The summed E-state index contributed by atoms with van der Waals surface area (Å²) in [7, 11) is 3.61. The molecule has 2 amide bonds. The van der Waals surface area contributed by atoms with Crippen LogP contribution in [0.15, 0.2) is 42.6 Å². The third kappa shape index (κ3) is 7.08. The second-order valence-electron chi connectivity index (χ2n) is 9.27. The maximum Gasteiger partial charge on any atom is 0.410 e. The van der Waals surface area contributed by atoms with Crippen molar-refractivity contribution in [2.45, 2.75) is 26.4 Å². The van der Waals surface area contributed by atoms with Gasteiger partial charge in [0, 0.05) is 58.1 Å². The Morgan fingerprint density at radius 2 is 1.74 bits per heavy atom. The quantitative estimate of drug-likeness (QED) is 0.664. The molecule has 3 rings (SSSR count). The Hall–Kier alpha value is -3.33. The van der Waals surface area contributed by atoms with Gasteiger partial charge in [0.25, 0.3) is 5.91 Å². The Morgan fingerprint density at radius 3 is 2.29 bits per heavy atom. The van der Waals surface area contributed by atoms with Crippen molar-refractivity contribution in [2.75, 3.05) is 68.6 Å².